The second-order valence-corrected chi connectivity index (χ2v) is 7.90. The average molecular weight is 497 g/mol. The summed E-state index contributed by atoms with van der Waals surface area (Å²) in [5.41, 5.74) is 4.25. The van der Waals surface area contributed by atoms with E-state index in [2.05, 4.69) is 46.0 Å². The number of rotatable bonds is 5. The summed E-state index contributed by atoms with van der Waals surface area (Å²) >= 11 is 8.77. The maximum atomic E-state index is 13.1. The van der Waals surface area contributed by atoms with E-state index in [0.29, 0.717) is 11.3 Å². The minimum atomic E-state index is -0.397. The summed E-state index contributed by atoms with van der Waals surface area (Å²) in [7, 11) is 0. The second-order valence-electron chi connectivity index (χ2n) is 6.27. The highest BCUT2D eigenvalue weighted by molar-refractivity contribution is 14.1. The first-order valence-electron chi connectivity index (χ1n) is 8.73. The van der Waals surface area contributed by atoms with Crippen LogP contribution in [0, 0.1) is 35.0 Å². The van der Waals surface area contributed by atoms with Gasteiger partial charge in [0, 0.05) is 29.5 Å². The van der Waals surface area contributed by atoms with Gasteiger partial charge in [-0.05, 0) is 58.7 Å². The van der Waals surface area contributed by atoms with Gasteiger partial charge in [-0.15, -0.1) is 12.3 Å². The van der Waals surface area contributed by atoms with Gasteiger partial charge in [-0.2, -0.15) is 4.73 Å². The molecule has 1 aromatic heterocycles. The Morgan fingerprint density at radius 2 is 1.81 bits per heavy atom. The SMILES string of the molecule is C#CCc1c(Cl)c(C(=O)Nc2c(CC)cc(I)cc2CC)c(C)[n+]([O-])c1C. The van der Waals surface area contributed by atoms with E-state index in [0.717, 1.165) is 38.0 Å². The predicted molar refractivity (Wildman–Crippen MR) is 118 cm³/mol. The van der Waals surface area contributed by atoms with E-state index in [-0.39, 0.29) is 22.7 Å². The van der Waals surface area contributed by atoms with Crippen LogP contribution in [-0.2, 0) is 19.3 Å². The molecule has 0 saturated heterocycles. The molecule has 0 radical (unpaired) electrons. The molecule has 1 amide bonds. The molecular weight excluding hydrogens is 475 g/mol. The first-order valence-corrected chi connectivity index (χ1v) is 10.2. The van der Waals surface area contributed by atoms with Gasteiger partial charge in [0.1, 0.15) is 5.56 Å². The van der Waals surface area contributed by atoms with Crippen LogP contribution in [0.15, 0.2) is 12.1 Å². The number of nitrogens with one attached hydrogen (secondary N) is 1. The first kappa shape index (κ1) is 21.5. The van der Waals surface area contributed by atoms with Gasteiger partial charge >= 0.3 is 0 Å². The van der Waals surface area contributed by atoms with Crippen molar-refractivity contribution in [3.8, 4) is 12.3 Å². The fourth-order valence-corrected chi connectivity index (χ4v) is 4.31. The molecule has 0 unspecified atom stereocenters. The molecule has 142 valence electrons. The Morgan fingerprint density at radius 1 is 1.26 bits per heavy atom. The number of nitrogens with zero attached hydrogens (tertiary/aromatic N) is 1. The maximum absolute atomic E-state index is 13.1. The highest BCUT2D eigenvalue weighted by atomic mass is 127. The van der Waals surface area contributed by atoms with Crippen molar-refractivity contribution in [3.05, 3.63) is 59.6 Å². The van der Waals surface area contributed by atoms with Crippen LogP contribution < -0.4 is 10.0 Å². The van der Waals surface area contributed by atoms with Gasteiger partial charge in [-0.3, -0.25) is 4.79 Å². The lowest BCUT2D eigenvalue weighted by Crippen LogP contribution is -2.38. The molecule has 27 heavy (non-hydrogen) atoms. The van der Waals surface area contributed by atoms with Gasteiger partial charge in [0.2, 0.25) is 5.69 Å². The smallest absolute Gasteiger partial charge is 0.263 e. The molecule has 0 aliphatic rings. The van der Waals surface area contributed by atoms with Crippen LogP contribution >= 0.6 is 34.2 Å². The highest BCUT2D eigenvalue weighted by Crippen LogP contribution is 2.29. The number of aryl methyl sites for hydroxylation is 2. The summed E-state index contributed by atoms with van der Waals surface area (Å²) in [4.78, 5) is 13.1. The number of halogens is 2. The Labute approximate surface area is 179 Å². The number of pyridine rings is 1. The van der Waals surface area contributed by atoms with Crippen molar-refractivity contribution in [1.82, 2.24) is 0 Å². The minimum Gasteiger partial charge on any atom is -0.618 e. The third-order valence-electron chi connectivity index (χ3n) is 4.66. The predicted octanol–water partition coefficient (Wildman–Crippen LogP) is 4.75. The van der Waals surface area contributed by atoms with Crippen molar-refractivity contribution >= 4 is 45.8 Å². The van der Waals surface area contributed by atoms with Crippen molar-refractivity contribution in [2.24, 2.45) is 0 Å². The summed E-state index contributed by atoms with van der Waals surface area (Å²) in [6.45, 7) is 7.34. The molecule has 0 atom stereocenters. The summed E-state index contributed by atoms with van der Waals surface area (Å²) in [5, 5.41) is 15.7. The van der Waals surface area contributed by atoms with Crippen LogP contribution in [0.2, 0.25) is 5.02 Å². The van der Waals surface area contributed by atoms with Gasteiger partial charge in [0.05, 0.1) is 10.6 Å². The van der Waals surface area contributed by atoms with E-state index >= 15 is 0 Å². The van der Waals surface area contributed by atoms with Gasteiger partial charge < -0.3 is 10.5 Å². The fraction of sp³-hybridized carbons (Fsp3) is 0.333. The number of aromatic nitrogens is 1. The lowest BCUT2D eigenvalue weighted by Gasteiger charge is -2.18. The molecule has 0 spiro atoms. The van der Waals surface area contributed by atoms with Crippen molar-refractivity contribution in [2.75, 3.05) is 5.32 Å². The molecule has 1 heterocycles. The van der Waals surface area contributed by atoms with Crippen molar-refractivity contribution < 1.29 is 9.52 Å². The zero-order valence-electron chi connectivity index (χ0n) is 15.9. The summed E-state index contributed by atoms with van der Waals surface area (Å²) in [6.07, 6.45) is 7.16. The zero-order valence-corrected chi connectivity index (χ0v) is 18.8. The maximum Gasteiger partial charge on any atom is 0.263 e. The molecule has 4 nitrogen and oxygen atoms in total. The van der Waals surface area contributed by atoms with Crippen molar-refractivity contribution in [3.63, 3.8) is 0 Å². The van der Waals surface area contributed by atoms with Crippen molar-refractivity contribution in [1.29, 1.82) is 0 Å². The van der Waals surface area contributed by atoms with Gasteiger partial charge in [0.25, 0.3) is 5.91 Å². The molecule has 0 bridgehead atoms. The Morgan fingerprint density at radius 3 is 2.30 bits per heavy atom. The number of benzene rings is 1. The van der Waals surface area contributed by atoms with Crippen LogP contribution in [0.25, 0.3) is 0 Å². The lowest BCUT2D eigenvalue weighted by atomic mass is 10.0. The molecule has 0 saturated carbocycles. The number of hydrogen-bond donors (Lipinski definition) is 1. The van der Waals surface area contributed by atoms with Gasteiger partial charge in [0.15, 0.2) is 5.69 Å². The van der Waals surface area contributed by atoms with Gasteiger partial charge in [-0.25, -0.2) is 0 Å². The largest absolute Gasteiger partial charge is 0.618 e. The lowest BCUT2D eigenvalue weighted by molar-refractivity contribution is -0.619. The normalized spacial score (nSPS) is 10.6. The first-order chi connectivity index (χ1) is 12.8. The van der Waals surface area contributed by atoms with E-state index in [9.17, 15) is 10.0 Å². The third-order valence-corrected chi connectivity index (χ3v) is 5.70. The molecular formula is C21H22ClIN2O2. The Balaban J connectivity index is 2.60. The number of amides is 1. The monoisotopic (exact) mass is 496 g/mol. The zero-order chi connectivity index (χ0) is 20.3. The van der Waals surface area contributed by atoms with Crippen LogP contribution in [0.3, 0.4) is 0 Å². The van der Waals surface area contributed by atoms with Crippen LogP contribution in [0.4, 0.5) is 5.69 Å². The van der Waals surface area contributed by atoms with Crippen LogP contribution in [0.5, 0.6) is 0 Å². The molecule has 0 fully saturated rings. The number of carbonyl (C=O) groups is 1. The topological polar surface area (TPSA) is 56.0 Å². The van der Waals surface area contributed by atoms with Crippen molar-refractivity contribution in [2.45, 2.75) is 47.0 Å². The van der Waals surface area contributed by atoms with E-state index in [1.165, 1.54) is 0 Å². The third kappa shape index (κ3) is 4.22. The number of hydrogen-bond acceptors (Lipinski definition) is 2. The van der Waals surface area contributed by atoms with E-state index in [1.807, 2.05) is 13.8 Å². The van der Waals surface area contributed by atoms with E-state index in [1.54, 1.807) is 13.8 Å². The molecule has 2 rings (SSSR count). The quantitative estimate of drug-likeness (QED) is 0.281. The molecule has 1 N–H and O–H groups in total. The molecule has 0 aliphatic heterocycles. The number of terminal acetylenes is 1. The standard InChI is InChI=1S/C21H22ClIN2O2/c1-6-9-17-12(4)25(27)13(5)18(19(17)22)21(26)24-20-14(7-2)10-16(23)11-15(20)8-3/h1,10-11H,7-9H2,2-5H3,(H,24,26). The van der Waals surface area contributed by atoms with Crippen LogP contribution in [-0.4, -0.2) is 5.91 Å². The number of anilines is 1. The average Bonchev–Trinajstić information content (AvgIpc) is 2.64. The number of carbonyl (C=O) groups excluding carboxylic acids is 1. The molecule has 2 aromatic rings. The molecule has 0 aliphatic carbocycles. The Bertz CT molecular complexity index is 923. The highest BCUT2D eigenvalue weighted by Gasteiger charge is 2.27. The summed E-state index contributed by atoms with van der Waals surface area (Å²) in [5.74, 6) is 2.10. The Hall–Kier alpha value is -1.78. The summed E-state index contributed by atoms with van der Waals surface area (Å²) in [6, 6.07) is 4.10. The fourth-order valence-electron chi connectivity index (χ4n) is 3.14. The summed E-state index contributed by atoms with van der Waals surface area (Å²) < 4.78 is 1.85. The second kappa shape index (κ2) is 8.94. The van der Waals surface area contributed by atoms with Gasteiger partial charge in [-0.1, -0.05) is 25.4 Å². The minimum absolute atomic E-state index is 0.171. The Kier molecular flexibility index (Phi) is 7.12. The molecule has 6 heteroatoms. The molecule has 1 aromatic carbocycles. The van der Waals surface area contributed by atoms with Crippen LogP contribution in [0.1, 0.15) is 52.3 Å². The van der Waals surface area contributed by atoms with E-state index < -0.39 is 5.91 Å². The van der Waals surface area contributed by atoms with E-state index in [4.69, 9.17) is 18.0 Å².